The van der Waals surface area contributed by atoms with E-state index in [0.29, 0.717) is 18.4 Å². The number of benzene rings is 2. The van der Waals surface area contributed by atoms with Gasteiger partial charge in [0.15, 0.2) is 0 Å². The van der Waals surface area contributed by atoms with Gasteiger partial charge in [-0.2, -0.15) is 15.0 Å². The molecule has 2 aromatic carbocycles. The Morgan fingerprint density at radius 2 is 1.77 bits per heavy atom. The molecule has 5 nitrogen and oxygen atoms in total. The van der Waals surface area contributed by atoms with Crippen LogP contribution in [0.1, 0.15) is 0 Å². The maximum atomic E-state index is 5.92. The van der Waals surface area contributed by atoms with Gasteiger partial charge in [-0.1, -0.05) is 36.4 Å². The Labute approximate surface area is 133 Å². The van der Waals surface area contributed by atoms with Gasteiger partial charge in [-0.3, -0.25) is 0 Å². The average Bonchev–Trinajstić information content (AvgIpc) is 2.52. The molecule has 0 unspecified atom stereocenters. The van der Waals surface area contributed by atoms with Crippen LogP contribution in [0, 0.1) is 0 Å². The number of hydrogen-bond acceptors (Lipinski definition) is 5. The predicted octanol–water partition coefficient (Wildman–Crippen LogP) is 4.02. The van der Waals surface area contributed by atoms with Crippen molar-refractivity contribution in [3.8, 4) is 0 Å². The van der Waals surface area contributed by atoms with Crippen molar-refractivity contribution in [2.24, 2.45) is 0 Å². The molecule has 0 atom stereocenters. The molecule has 0 amide bonds. The number of aromatic nitrogens is 3. The van der Waals surface area contributed by atoms with Gasteiger partial charge in [0, 0.05) is 12.2 Å². The van der Waals surface area contributed by atoms with Gasteiger partial charge in [-0.15, -0.1) is 6.58 Å². The second kappa shape index (κ2) is 6.41. The second-order valence-corrected chi connectivity index (χ2v) is 4.95. The molecule has 0 fully saturated rings. The van der Waals surface area contributed by atoms with Crippen molar-refractivity contribution in [1.82, 2.24) is 15.0 Å². The normalized spacial score (nSPS) is 10.4. The van der Waals surface area contributed by atoms with Crippen LogP contribution in [0.2, 0.25) is 5.28 Å². The van der Waals surface area contributed by atoms with E-state index in [-0.39, 0.29) is 5.28 Å². The van der Waals surface area contributed by atoms with Crippen LogP contribution in [0.3, 0.4) is 0 Å². The molecule has 0 aliphatic heterocycles. The quantitative estimate of drug-likeness (QED) is 0.697. The van der Waals surface area contributed by atoms with Gasteiger partial charge in [0.05, 0.1) is 0 Å². The van der Waals surface area contributed by atoms with Crippen LogP contribution in [0.15, 0.2) is 55.1 Å². The summed E-state index contributed by atoms with van der Waals surface area (Å²) in [6.07, 6.45) is 1.72. The minimum Gasteiger partial charge on any atom is -0.351 e. The fourth-order valence-corrected chi connectivity index (χ4v) is 2.20. The number of fused-ring (bicyclic) bond motifs is 1. The molecule has 0 spiro atoms. The van der Waals surface area contributed by atoms with Gasteiger partial charge < -0.3 is 10.6 Å². The molecule has 3 rings (SSSR count). The highest BCUT2D eigenvalue weighted by Gasteiger charge is 2.05. The Kier molecular flexibility index (Phi) is 4.16. The van der Waals surface area contributed by atoms with E-state index >= 15 is 0 Å². The van der Waals surface area contributed by atoms with Crippen molar-refractivity contribution in [3.05, 3.63) is 60.4 Å². The number of hydrogen-bond donors (Lipinski definition) is 2. The smallest absolute Gasteiger partial charge is 0.233 e. The van der Waals surface area contributed by atoms with Crippen molar-refractivity contribution in [2.45, 2.75) is 0 Å². The maximum Gasteiger partial charge on any atom is 0.233 e. The monoisotopic (exact) mass is 311 g/mol. The Bertz CT molecular complexity index is 818. The molecular weight excluding hydrogens is 298 g/mol. The van der Waals surface area contributed by atoms with Crippen molar-refractivity contribution < 1.29 is 0 Å². The summed E-state index contributed by atoms with van der Waals surface area (Å²) < 4.78 is 0. The lowest BCUT2D eigenvalue weighted by Gasteiger charge is -2.08. The highest BCUT2D eigenvalue weighted by molar-refractivity contribution is 6.28. The van der Waals surface area contributed by atoms with Gasteiger partial charge in [0.2, 0.25) is 17.2 Å². The highest BCUT2D eigenvalue weighted by atomic mass is 35.5. The molecule has 1 aromatic heterocycles. The number of rotatable bonds is 5. The number of anilines is 3. The van der Waals surface area contributed by atoms with Gasteiger partial charge >= 0.3 is 0 Å². The molecule has 0 radical (unpaired) electrons. The van der Waals surface area contributed by atoms with E-state index in [2.05, 4.69) is 44.3 Å². The molecule has 22 heavy (non-hydrogen) atoms. The van der Waals surface area contributed by atoms with E-state index in [1.54, 1.807) is 6.08 Å². The Morgan fingerprint density at radius 1 is 1.00 bits per heavy atom. The van der Waals surface area contributed by atoms with Gasteiger partial charge in [0.25, 0.3) is 0 Å². The zero-order valence-corrected chi connectivity index (χ0v) is 12.5. The molecule has 0 aliphatic rings. The first-order chi connectivity index (χ1) is 10.7. The topological polar surface area (TPSA) is 62.7 Å². The largest absolute Gasteiger partial charge is 0.351 e. The summed E-state index contributed by atoms with van der Waals surface area (Å²) in [5.41, 5.74) is 0.885. The maximum absolute atomic E-state index is 5.92. The van der Waals surface area contributed by atoms with Crippen molar-refractivity contribution in [2.75, 3.05) is 17.2 Å². The molecule has 0 aliphatic carbocycles. The third-order valence-electron chi connectivity index (χ3n) is 3.02. The summed E-state index contributed by atoms with van der Waals surface area (Å²) in [6, 6.07) is 14.2. The summed E-state index contributed by atoms with van der Waals surface area (Å²) in [5, 5.41) is 8.57. The minimum atomic E-state index is 0.129. The fourth-order valence-electron chi connectivity index (χ4n) is 2.04. The molecule has 0 saturated carbocycles. The zero-order chi connectivity index (χ0) is 15.4. The second-order valence-electron chi connectivity index (χ2n) is 4.61. The summed E-state index contributed by atoms with van der Waals surface area (Å²) in [5.74, 6) is 0.796. The summed E-state index contributed by atoms with van der Waals surface area (Å²) in [6.45, 7) is 4.19. The Morgan fingerprint density at radius 3 is 2.59 bits per heavy atom. The molecule has 3 aromatic rings. The Balaban J connectivity index is 1.87. The standard InChI is InChI=1S/C16H14ClN5/c1-2-9-18-15-20-14(17)21-16(22-15)19-13-8-7-11-5-3-4-6-12(11)10-13/h2-8,10H,1,9H2,(H2,18,19,20,21,22). The number of nitrogens with zero attached hydrogens (tertiary/aromatic N) is 3. The van der Waals surface area contributed by atoms with Crippen LogP contribution < -0.4 is 10.6 Å². The van der Waals surface area contributed by atoms with Crippen molar-refractivity contribution in [3.63, 3.8) is 0 Å². The van der Waals surface area contributed by atoms with E-state index in [0.717, 1.165) is 11.1 Å². The van der Waals surface area contributed by atoms with Crippen LogP contribution in [0.5, 0.6) is 0 Å². The van der Waals surface area contributed by atoms with Crippen molar-refractivity contribution >= 4 is 40.0 Å². The summed E-state index contributed by atoms with van der Waals surface area (Å²) in [4.78, 5) is 12.4. The van der Waals surface area contributed by atoms with Crippen LogP contribution in [-0.4, -0.2) is 21.5 Å². The van der Waals surface area contributed by atoms with Crippen molar-refractivity contribution in [1.29, 1.82) is 0 Å². The summed E-state index contributed by atoms with van der Waals surface area (Å²) in [7, 11) is 0. The van der Waals surface area contributed by atoms with Gasteiger partial charge in [-0.25, -0.2) is 0 Å². The lowest BCUT2D eigenvalue weighted by atomic mass is 10.1. The Hall–Kier alpha value is -2.66. The first-order valence-electron chi connectivity index (χ1n) is 6.77. The summed E-state index contributed by atoms with van der Waals surface area (Å²) >= 11 is 5.92. The average molecular weight is 312 g/mol. The molecule has 0 saturated heterocycles. The fraction of sp³-hybridized carbons (Fsp3) is 0.0625. The third kappa shape index (κ3) is 3.32. The minimum absolute atomic E-state index is 0.129. The molecular formula is C16H14ClN5. The lowest BCUT2D eigenvalue weighted by molar-refractivity contribution is 1.04. The van der Waals surface area contributed by atoms with Crippen LogP contribution >= 0.6 is 11.6 Å². The van der Waals surface area contributed by atoms with Crippen LogP contribution in [-0.2, 0) is 0 Å². The van der Waals surface area contributed by atoms with E-state index in [1.807, 2.05) is 30.3 Å². The van der Waals surface area contributed by atoms with Crippen LogP contribution in [0.25, 0.3) is 10.8 Å². The lowest BCUT2D eigenvalue weighted by Crippen LogP contribution is -2.07. The first-order valence-corrected chi connectivity index (χ1v) is 7.14. The third-order valence-corrected chi connectivity index (χ3v) is 3.19. The SMILES string of the molecule is C=CCNc1nc(Cl)nc(Nc2ccc3ccccc3c2)n1. The predicted molar refractivity (Wildman–Crippen MR) is 90.8 cm³/mol. The molecule has 110 valence electrons. The van der Waals surface area contributed by atoms with Crippen LogP contribution in [0.4, 0.5) is 17.6 Å². The van der Waals surface area contributed by atoms with Gasteiger partial charge in [-0.05, 0) is 34.5 Å². The molecule has 1 heterocycles. The zero-order valence-electron chi connectivity index (χ0n) is 11.8. The molecule has 0 bridgehead atoms. The van der Waals surface area contributed by atoms with E-state index < -0.39 is 0 Å². The highest BCUT2D eigenvalue weighted by Crippen LogP contribution is 2.21. The van der Waals surface area contributed by atoms with E-state index in [9.17, 15) is 0 Å². The molecule has 2 N–H and O–H groups in total. The first kappa shape index (κ1) is 14.3. The number of nitrogens with one attached hydrogen (secondary N) is 2. The number of halogens is 1. The van der Waals surface area contributed by atoms with Gasteiger partial charge in [0.1, 0.15) is 0 Å². The van der Waals surface area contributed by atoms with E-state index in [4.69, 9.17) is 11.6 Å². The van der Waals surface area contributed by atoms with E-state index in [1.165, 1.54) is 5.39 Å². The molecule has 6 heteroatoms.